The number of aliphatic carboxylic acids is 1. The fourth-order valence-corrected chi connectivity index (χ4v) is 3.22. The Bertz CT molecular complexity index is 347. The molecular formula is C13H23NO4S2. The molecule has 0 aliphatic heterocycles. The maximum atomic E-state index is 11.7. The predicted molar refractivity (Wildman–Crippen MR) is 83.9 cm³/mol. The fraction of sp³-hybridized carbons (Fsp3) is 0.769. The van der Waals surface area contributed by atoms with Crippen molar-refractivity contribution in [1.29, 1.82) is 0 Å². The Morgan fingerprint density at radius 1 is 1.05 bits per heavy atom. The van der Waals surface area contributed by atoms with E-state index in [0.717, 1.165) is 5.75 Å². The summed E-state index contributed by atoms with van der Waals surface area (Å²) < 4.78 is 0. The predicted octanol–water partition coefficient (Wildman–Crippen LogP) is 2.30. The zero-order valence-electron chi connectivity index (χ0n) is 12.4. The maximum absolute atomic E-state index is 11.7. The van der Waals surface area contributed by atoms with Crippen molar-refractivity contribution in [2.75, 3.05) is 18.6 Å². The lowest BCUT2D eigenvalue weighted by atomic mass is 10.1. The first kappa shape index (κ1) is 19.3. The number of carbonyl (C=O) groups excluding carboxylic acids is 2. The maximum Gasteiger partial charge on any atom is 0.326 e. The van der Waals surface area contributed by atoms with Crippen LogP contribution in [0.15, 0.2) is 0 Å². The van der Waals surface area contributed by atoms with Gasteiger partial charge >= 0.3 is 5.97 Å². The summed E-state index contributed by atoms with van der Waals surface area (Å²) in [6.07, 6.45) is 0.864. The Balaban J connectivity index is 3.72. The second-order valence-corrected chi connectivity index (χ2v) is 7.49. The molecule has 0 spiro atoms. The van der Waals surface area contributed by atoms with Gasteiger partial charge in [-0.15, -0.1) is 0 Å². The second-order valence-electron chi connectivity index (χ2n) is 4.78. The molecule has 20 heavy (non-hydrogen) atoms. The fourth-order valence-electron chi connectivity index (χ4n) is 1.24. The van der Waals surface area contributed by atoms with Gasteiger partial charge in [0.05, 0.1) is 0 Å². The van der Waals surface area contributed by atoms with Crippen molar-refractivity contribution in [1.82, 2.24) is 4.90 Å². The topological polar surface area (TPSA) is 74.7 Å². The quantitative estimate of drug-likeness (QED) is 0.491. The number of likely N-dealkylation sites (N-methyl/N-ethyl adjacent to an activating group) is 1. The summed E-state index contributed by atoms with van der Waals surface area (Å²) in [5.74, 6) is 0.520. The van der Waals surface area contributed by atoms with E-state index in [1.165, 1.54) is 18.9 Å². The lowest BCUT2D eigenvalue weighted by Gasteiger charge is -2.21. The highest BCUT2D eigenvalue weighted by molar-refractivity contribution is 8.76. The monoisotopic (exact) mass is 321 g/mol. The van der Waals surface area contributed by atoms with Gasteiger partial charge in [-0.05, 0) is 6.92 Å². The van der Waals surface area contributed by atoms with Crippen molar-refractivity contribution >= 4 is 39.2 Å². The lowest BCUT2D eigenvalue weighted by Crippen LogP contribution is -2.40. The lowest BCUT2D eigenvalue weighted by molar-refractivity contribution is -0.148. The van der Waals surface area contributed by atoms with E-state index in [2.05, 4.69) is 0 Å². The first-order valence-corrected chi connectivity index (χ1v) is 9.01. The van der Waals surface area contributed by atoms with E-state index in [1.54, 1.807) is 21.6 Å². The van der Waals surface area contributed by atoms with Gasteiger partial charge in [-0.25, -0.2) is 4.79 Å². The van der Waals surface area contributed by atoms with Gasteiger partial charge in [0, 0.05) is 37.3 Å². The highest BCUT2D eigenvalue weighted by Gasteiger charge is 2.20. The molecule has 5 nitrogen and oxygen atoms in total. The standard InChI is InChI=1S/C13H23NO4S2/c1-9(2)11(15)5-7-19-20-8-6-12(16)14(4)10(3)13(17)18/h9-10H,5-8H2,1-4H3,(H,17,18). The first-order valence-electron chi connectivity index (χ1n) is 6.53. The minimum absolute atomic E-state index is 0.0772. The normalized spacial score (nSPS) is 12.2. The van der Waals surface area contributed by atoms with Crippen LogP contribution in [-0.2, 0) is 14.4 Å². The van der Waals surface area contributed by atoms with E-state index in [-0.39, 0.29) is 17.6 Å². The summed E-state index contributed by atoms with van der Waals surface area (Å²) in [4.78, 5) is 35.1. The molecule has 0 fully saturated rings. The van der Waals surface area contributed by atoms with Gasteiger partial charge < -0.3 is 10.0 Å². The van der Waals surface area contributed by atoms with Gasteiger partial charge in [-0.1, -0.05) is 35.4 Å². The highest BCUT2D eigenvalue weighted by Crippen LogP contribution is 2.23. The largest absolute Gasteiger partial charge is 0.480 e. The molecule has 0 aromatic heterocycles. The molecule has 0 aromatic rings. The third kappa shape index (κ3) is 7.79. The molecule has 0 radical (unpaired) electrons. The SMILES string of the molecule is CC(C)C(=O)CCSSCCC(=O)N(C)C(C)C(=O)O. The molecular weight excluding hydrogens is 298 g/mol. The molecule has 116 valence electrons. The Kier molecular flexibility index (Phi) is 9.75. The van der Waals surface area contributed by atoms with Crippen molar-refractivity contribution in [2.45, 2.75) is 39.7 Å². The van der Waals surface area contributed by atoms with Crippen molar-refractivity contribution in [3.63, 3.8) is 0 Å². The third-order valence-corrected chi connectivity index (χ3v) is 5.30. The minimum atomic E-state index is -1.00. The number of rotatable bonds is 10. The number of Topliss-reactive ketones (excluding diaryl/α,β-unsaturated/α-hetero) is 1. The molecule has 0 heterocycles. The Labute approximate surface area is 128 Å². The molecule has 0 bridgehead atoms. The van der Waals surface area contributed by atoms with Gasteiger partial charge in [-0.3, -0.25) is 9.59 Å². The highest BCUT2D eigenvalue weighted by atomic mass is 33.1. The second kappa shape index (κ2) is 10.1. The molecule has 1 unspecified atom stereocenters. The van der Waals surface area contributed by atoms with Gasteiger partial charge in [-0.2, -0.15) is 0 Å². The van der Waals surface area contributed by atoms with Crippen LogP contribution in [0.4, 0.5) is 0 Å². The third-order valence-electron chi connectivity index (χ3n) is 2.89. The molecule has 0 aliphatic carbocycles. The zero-order chi connectivity index (χ0) is 15.7. The number of carbonyl (C=O) groups is 3. The number of ketones is 1. The summed E-state index contributed by atoms with van der Waals surface area (Å²) >= 11 is 0. The van der Waals surface area contributed by atoms with Crippen molar-refractivity contribution < 1.29 is 19.5 Å². The molecule has 1 atom stereocenters. The van der Waals surface area contributed by atoms with E-state index in [4.69, 9.17) is 5.11 Å². The number of carboxylic acids is 1. The number of nitrogens with zero attached hydrogens (tertiary/aromatic N) is 1. The van der Waals surface area contributed by atoms with Crippen molar-refractivity contribution in [3.8, 4) is 0 Å². The van der Waals surface area contributed by atoms with E-state index in [1.807, 2.05) is 13.8 Å². The van der Waals surface area contributed by atoms with E-state index in [0.29, 0.717) is 18.6 Å². The molecule has 0 saturated heterocycles. The van der Waals surface area contributed by atoms with Crippen LogP contribution in [-0.4, -0.2) is 52.3 Å². The van der Waals surface area contributed by atoms with E-state index < -0.39 is 12.0 Å². The van der Waals surface area contributed by atoms with E-state index in [9.17, 15) is 14.4 Å². The van der Waals surface area contributed by atoms with Crippen LogP contribution >= 0.6 is 21.6 Å². The van der Waals surface area contributed by atoms with Gasteiger partial charge in [0.2, 0.25) is 5.91 Å². The molecule has 1 amide bonds. The summed E-state index contributed by atoms with van der Waals surface area (Å²) in [6, 6.07) is -0.802. The molecule has 0 saturated carbocycles. The Morgan fingerprint density at radius 2 is 1.55 bits per heavy atom. The summed E-state index contributed by atoms with van der Waals surface area (Å²) in [6.45, 7) is 5.26. The smallest absolute Gasteiger partial charge is 0.326 e. The van der Waals surface area contributed by atoms with Crippen LogP contribution in [0.2, 0.25) is 0 Å². The number of carboxylic acid groups (broad SMARTS) is 1. The van der Waals surface area contributed by atoms with Gasteiger partial charge in [0.15, 0.2) is 0 Å². The molecule has 0 aromatic carbocycles. The average Bonchev–Trinajstić information content (AvgIpc) is 2.39. The molecule has 0 rings (SSSR count). The first-order chi connectivity index (χ1) is 9.27. The average molecular weight is 321 g/mol. The van der Waals surface area contributed by atoms with Crippen LogP contribution in [0.3, 0.4) is 0 Å². The molecule has 1 N–H and O–H groups in total. The summed E-state index contributed by atoms with van der Waals surface area (Å²) in [5, 5.41) is 8.80. The van der Waals surface area contributed by atoms with Crippen molar-refractivity contribution in [2.24, 2.45) is 5.92 Å². The number of hydrogen-bond acceptors (Lipinski definition) is 5. The zero-order valence-corrected chi connectivity index (χ0v) is 14.1. The van der Waals surface area contributed by atoms with Crippen LogP contribution < -0.4 is 0 Å². The van der Waals surface area contributed by atoms with Crippen LogP contribution in [0.25, 0.3) is 0 Å². The van der Waals surface area contributed by atoms with Crippen LogP contribution in [0.1, 0.15) is 33.6 Å². The molecule has 0 aliphatic rings. The van der Waals surface area contributed by atoms with Crippen LogP contribution in [0.5, 0.6) is 0 Å². The number of hydrogen-bond donors (Lipinski definition) is 1. The van der Waals surface area contributed by atoms with Crippen molar-refractivity contribution in [3.05, 3.63) is 0 Å². The Hall–Kier alpha value is -0.690. The van der Waals surface area contributed by atoms with Crippen LogP contribution in [0, 0.1) is 5.92 Å². The summed E-state index contributed by atoms with van der Waals surface area (Å²) in [7, 11) is 4.62. The Morgan fingerprint density at radius 3 is 2.00 bits per heavy atom. The van der Waals surface area contributed by atoms with Gasteiger partial charge in [0.1, 0.15) is 11.8 Å². The van der Waals surface area contributed by atoms with Gasteiger partial charge in [0.25, 0.3) is 0 Å². The number of amides is 1. The van der Waals surface area contributed by atoms with E-state index >= 15 is 0 Å². The summed E-state index contributed by atoms with van der Waals surface area (Å²) in [5.41, 5.74) is 0. The molecule has 7 heteroatoms. The minimum Gasteiger partial charge on any atom is -0.480 e.